The molecule has 1 N–H and O–H groups in total. The standard InChI is InChI=1S/C21H23BrN4O3/c22-16-4-1-5-17(13-16)26-8-6-18(21(26)28)20(27)24-14-15-3-2-7-23-19(15)25-9-11-29-12-10-25/h1-5,7,13,18H,6,8-12,14H2,(H,24,27). The predicted octanol–water partition coefficient (Wildman–Crippen LogP) is 2.35. The molecule has 29 heavy (non-hydrogen) atoms. The number of ether oxygens (including phenoxy) is 1. The van der Waals surface area contributed by atoms with Crippen LogP contribution in [0.2, 0.25) is 0 Å². The summed E-state index contributed by atoms with van der Waals surface area (Å²) in [6, 6.07) is 11.4. The quantitative estimate of drug-likeness (QED) is 0.695. The first kappa shape index (κ1) is 19.8. The zero-order valence-electron chi connectivity index (χ0n) is 16.0. The molecule has 2 aliphatic heterocycles. The Kier molecular flexibility index (Phi) is 6.10. The number of halogens is 1. The second kappa shape index (κ2) is 8.92. The van der Waals surface area contributed by atoms with Crippen LogP contribution >= 0.6 is 15.9 Å². The van der Waals surface area contributed by atoms with Crippen LogP contribution < -0.4 is 15.1 Å². The van der Waals surface area contributed by atoms with E-state index in [2.05, 4.69) is 31.1 Å². The van der Waals surface area contributed by atoms with E-state index >= 15 is 0 Å². The maximum Gasteiger partial charge on any atom is 0.239 e. The minimum Gasteiger partial charge on any atom is -0.378 e. The maximum absolute atomic E-state index is 12.8. The molecule has 2 amide bonds. The van der Waals surface area contributed by atoms with Crippen LogP contribution in [0.15, 0.2) is 47.1 Å². The van der Waals surface area contributed by atoms with Crippen LogP contribution in [0.1, 0.15) is 12.0 Å². The van der Waals surface area contributed by atoms with Crippen molar-refractivity contribution in [2.24, 2.45) is 5.92 Å². The van der Waals surface area contributed by atoms with Crippen LogP contribution in [0.3, 0.4) is 0 Å². The zero-order chi connectivity index (χ0) is 20.2. The van der Waals surface area contributed by atoms with Gasteiger partial charge in [-0.3, -0.25) is 9.59 Å². The lowest BCUT2D eigenvalue weighted by Gasteiger charge is -2.29. The molecule has 2 saturated heterocycles. The van der Waals surface area contributed by atoms with Gasteiger partial charge >= 0.3 is 0 Å². The fourth-order valence-corrected chi connectivity index (χ4v) is 4.14. The van der Waals surface area contributed by atoms with Crippen LogP contribution in [0, 0.1) is 5.92 Å². The van der Waals surface area contributed by atoms with Crippen LogP contribution in [-0.4, -0.2) is 49.6 Å². The fraction of sp³-hybridized carbons (Fsp3) is 0.381. The fourth-order valence-electron chi connectivity index (χ4n) is 3.76. The van der Waals surface area contributed by atoms with Crippen molar-refractivity contribution in [2.45, 2.75) is 13.0 Å². The Labute approximate surface area is 178 Å². The summed E-state index contributed by atoms with van der Waals surface area (Å²) < 4.78 is 6.31. The Morgan fingerprint density at radius 2 is 2.03 bits per heavy atom. The van der Waals surface area contributed by atoms with Gasteiger partial charge in [-0.2, -0.15) is 0 Å². The third-order valence-corrected chi connectivity index (χ3v) is 5.77. The molecule has 0 saturated carbocycles. The molecule has 0 radical (unpaired) electrons. The summed E-state index contributed by atoms with van der Waals surface area (Å²) in [4.78, 5) is 33.9. The van der Waals surface area contributed by atoms with E-state index in [1.54, 1.807) is 11.1 Å². The molecule has 1 atom stereocenters. The number of amides is 2. The van der Waals surface area contributed by atoms with Crippen molar-refractivity contribution in [1.82, 2.24) is 10.3 Å². The third kappa shape index (κ3) is 4.43. The lowest BCUT2D eigenvalue weighted by Crippen LogP contribution is -2.39. The van der Waals surface area contributed by atoms with Crippen molar-refractivity contribution < 1.29 is 14.3 Å². The molecule has 2 fully saturated rings. The van der Waals surface area contributed by atoms with Gasteiger partial charge in [-0.05, 0) is 30.7 Å². The van der Waals surface area contributed by atoms with Crippen molar-refractivity contribution >= 4 is 39.2 Å². The third-order valence-electron chi connectivity index (χ3n) is 5.27. The number of carbonyl (C=O) groups excluding carboxylic acids is 2. The lowest BCUT2D eigenvalue weighted by atomic mass is 10.1. The molecule has 0 spiro atoms. The first-order chi connectivity index (χ1) is 14.1. The average Bonchev–Trinajstić information content (AvgIpc) is 3.14. The molecule has 7 nitrogen and oxygen atoms in total. The summed E-state index contributed by atoms with van der Waals surface area (Å²) in [7, 11) is 0. The Balaban J connectivity index is 1.40. The number of pyridine rings is 1. The highest BCUT2D eigenvalue weighted by atomic mass is 79.9. The number of nitrogens with one attached hydrogen (secondary N) is 1. The van der Waals surface area contributed by atoms with E-state index in [-0.39, 0.29) is 11.8 Å². The van der Waals surface area contributed by atoms with Crippen LogP contribution in [-0.2, 0) is 20.9 Å². The molecule has 3 heterocycles. The number of hydrogen-bond acceptors (Lipinski definition) is 5. The Morgan fingerprint density at radius 1 is 1.21 bits per heavy atom. The smallest absolute Gasteiger partial charge is 0.239 e. The molecule has 4 rings (SSSR count). The van der Waals surface area contributed by atoms with E-state index in [0.29, 0.717) is 32.7 Å². The number of rotatable bonds is 5. The topological polar surface area (TPSA) is 74.8 Å². The summed E-state index contributed by atoms with van der Waals surface area (Å²) >= 11 is 3.43. The van der Waals surface area contributed by atoms with Gasteiger partial charge in [-0.15, -0.1) is 0 Å². The van der Waals surface area contributed by atoms with E-state index in [4.69, 9.17) is 4.74 Å². The van der Waals surface area contributed by atoms with Crippen LogP contribution in [0.5, 0.6) is 0 Å². The van der Waals surface area contributed by atoms with Crippen LogP contribution in [0.4, 0.5) is 11.5 Å². The Morgan fingerprint density at radius 3 is 2.83 bits per heavy atom. The van der Waals surface area contributed by atoms with Gasteiger partial charge in [-0.25, -0.2) is 4.98 Å². The zero-order valence-corrected chi connectivity index (χ0v) is 17.6. The number of carbonyl (C=O) groups is 2. The molecule has 0 aliphatic carbocycles. The first-order valence-electron chi connectivity index (χ1n) is 9.75. The highest BCUT2D eigenvalue weighted by molar-refractivity contribution is 9.10. The Bertz CT molecular complexity index is 901. The molecule has 1 aromatic carbocycles. The number of hydrogen-bond donors (Lipinski definition) is 1. The van der Waals surface area contributed by atoms with Crippen molar-refractivity contribution in [3.8, 4) is 0 Å². The largest absolute Gasteiger partial charge is 0.378 e. The van der Waals surface area contributed by atoms with E-state index in [1.807, 2.05) is 36.4 Å². The van der Waals surface area contributed by atoms with Gasteiger partial charge in [0.1, 0.15) is 11.7 Å². The number of benzene rings is 1. The van der Waals surface area contributed by atoms with Crippen molar-refractivity contribution in [1.29, 1.82) is 0 Å². The van der Waals surface area contributed by atoms with Gasteiger partial charge in [0.15, 0.2) is 0 Å². The Hall–Kier alpha value is -2.45. The molecule has 2 aromatic rings. The highest BCUT2D eigenvalue weighted by Gasteiger charge is 2.37. The summed E-state index contributed by atoms with van der Waals surface area (Å²) in [6.07, 6.45) is 2.27. The maximum atomic E-state index is 12.8. The van der Waals surface area contributed by atoms with Crippen molar-refractivity contribution in [2.75, 3.05) is 42.6 Å². The number of morpholine rings is 1. The predicted molar refractivity (Wildman–Crippen MR) is 114 cm³/mol. The van der Waals surface area contributed by atoms with E-state index < -0.39 is 5.92 Å². The average molecular weight is 459 g/mol. The van der Waals surface area contributed by atoms with E-state index in [9.17, 15) is 9.59 Å². The van der Waals surface area contributed by atoms with E-state index in [1.165, 1.54) is 0 Å². The molecular formula is C21H23BrN4O3. The SMILES string of the molecule is O=C(NCc1cccnc1N1CCOCC1)C1CCN(c2cccc(Br)c2)C1=O. The minimum atomic E-state index is -0.655. The van der Waals surface area contributed by atoms with Gasteiger partial charge in [0, 0.05) is 48.1 Å². The normalized spacial score (nSPS) is 19.5. The number of anilines is 2. The van der Waals surface area contributed by atoms with Gasteiger partial charge in [-0.1, -0.05) is 28.1 Å². The molecule has 152 valence electrons. The number of aromatic nitrogens is 1. The van der Waals surface area contributed by atoms with Crippen LogP contribution in [0.25, 0.3) is 0 Å². The minimum absolute atomic E-state index is 0.153. The molecular weight excluding hydrogens is 436 g/mol. The molecule has 8 heteroatoms. The first-order valence-corrected chi connectivity index (χ1v) is 10.5. The number of nitrogens with zero attached hydrogens (tertiary/aromatic N) is 3. The van der Waals surface area contributed by atoms with Gasteiger partial charge in [0.05, 0.1) is 13.2 Å². The summed E-state index contributed by atoms with van der Waals surface area (Å²) in [5.41, 5.74) is 1.75. The lowest BCUT2D eigenvalue weighted by molar-refractivity contribution is -0.132. The second-order valence-electron chi connectivity index (χ2n) is 7.11. The molecule has 1 unspecified atom stereocenters. The second-order valence-corrected chi connectivity index (χ2v) is 8.03. The summed E-state index contributed by atoms with van der Waals surface area (Å²) in [5.74, 6) is -0.174. The summed E-state index contributed by atoms with van der Waals surface area (Å²) in [6.45, 7) is 3.79. The highest BCUT2D eigenvalue weighted by Crippen LogP contribution is 2.27. The van der Waals surface area contributed by atoms with E-state index in [0.717, 1.165) is 34.6 Å². The summed E-state index contributed by atoms with van der Waals surface area (Å²) in [5, 5.41) is 2.94. The monoisotopic (exact) mass is 458 g/mol. The molecule has 1 aromatic heterocycles. The van der Waals surface area contributed by atoms with Gasteiger partial charge in [0.2, 0.25) is 11.8 Å². The van der Waals surface area contributed by atoms with Crippen molar-refractivity contribution in [3.63, 3.8) is 0 Å². The van der Waals surface area contributed by atoms with Gasteiger partial charge < -0.3 is 19.9 Å². The molecule has 2 aliphatic rings. The van der Waals surface area contributed by atoms with Gasteiger partial charge in [0.25, 0.3) is 0 Å². The molecule has 0 bridgehead atoms. The van der Waals surface area contributed by atoms with Crippen molar-refractivity contribution in [3.05, 3.63) is 52.6 Å².